The van der Waals surface area contributed by atoms with Gasteiger partial charge in [0, 0.05) is 37.1 Å². The van der Waals surface area contributed by atoms with E-state index in [1.165, 1.54) is 4.90 Å². The van der Waals surface area contributed by atoms with E-state index in [2.05, 4.69) is 0 Å². The Bertz CT molecular complexity index is 949. The molecule has 1 atom stereocenters. The van der Waals surface area contributed by atoms with Crippen molar-refractivity contribution in [2.75, 3.05) is 19.7 Å². The van der Waals surface area contributed by atoms with E-state index in [1.54, 1.807) is 47.4 Å². The molecule has 7 heteroatoms. The topological polar surface area (TPSA) is 87.2 Å². The van der Waals surface area contributed by atoms with E-state index < -0.39 is 17.7 Å². The summed E-state index contributed by atoms with van der Waals surface area (Å²) in [6.07, 6.45) is 0.736. The molecular weight excluding hydrogens is 384 g/mol. The summed E-state index contributed by atoms with van der Waals surface area (Å²) in [7, 11) is 0. The van der Waals surface area contributed by atoms with Crippen molar-refractivity contribution in [2.24, 2.45) is 0 Å². The van der Waals surface area contributed by atoms with Gasteiger partial charge in [0.15, 0.2) is 6.04 Å². The van der Waals surface area contributed by atoms with E-state index in [4.69, 9.17) is 4.74 Å². The van der Waals surface area contributed by atoms with E-state index in [1.807, 2.05) is 19.1 Å². The Morgan fingerprint density at radius 1 is 0.933 bits per heavy atom. The van der Waals surface area contributed by atoms with Gasteiger partial charge in [0.2, 0.25) is 0 Å². The number of carbonyl (C=O) groups is 3. The minimum atomic E-state index is -1.09. The number of ether oxygens (including phenoxy) is 1. The number of piperidine rings is 1. The van der Waals surface area contributed by atoms with Gasteiger partial charge >= 0.3 is 5.97 Å². The largest absolute Gasteiger partial charge is 0.480 e. The molecule has 2 aromatic carbocycles. The molecule has 7 nitrogen and oxygen atoms in total. The zero-order chi connectivity index (χ0) is 21.3. The van der Waals surface area contributed by atoms with Gasteiger partial charge in [0.25, 0.3) is 11.8 Å². The van der Waals surface area contributed by atoms with Crippen molar-refractivity contribution in [1.82, 2.24) is 9.80 Å². The molecule has 2 heterocycles. The molecule has 2 amide bonds. The second-order valence-corrected chi connectivity index (χ2v) is 7.81. The number of hydrogen-bond donors (Lipinski definition) is 1. The molecule has 0 aromatic heterocycles. The number of likely N-dealkylation sites (tertiary alicyclic amines) is 1. The van der Waals surface area contributed by atoms with E-state index in [0.717, 1.165) is 5.56 Å². The lowest BCUT2D eigenvalue weighted by atomic mass is 9.96. The van der Waals surface area contributed by atoms with Gasteiger partial charge in [-0.05, 0) is 31.2 Å². The van der Waals surface area contributed by atoms with Gasteiger partial charge in [-0.2, -0.15) is 0 Å². The highest BCUT2D eigenvalue weighted by Gasteiger charge is 2.54. The molecule has 30 heavy (non-hydrogen) atoms. The summed E-state index contributed by atoms with van der Waals surface area (Å²) in [4.78, 5) is 41.0. The summed E-state index contributed by atoms with van der Waals surface area (Å²) < 4.78 is 5.95. The van der Waals surface area contributed by atoms with Crippen molar-refractivity contribution in [3.8, 4) is 0 Å². The Hall–Kier alpha value is -3.19. The van der Waals surface area contributed by atoms with Crippen LogP contribution < -0.4 is 0 Å². The Kier molecular flexibility index (Phi) is 5.30. The van der Waals surface area contributed by atoms with E-state index >= 15 is 0 Å². The number of nitrogens with zero attached hydrogens (tertiary/aromatic N) is 2. The number of aryl methyl sites for hydroxylation is 1. The van der Waals surface area contributed by atoms with Crippen LogP contribution in [-0.4, -0.2) is 64.2 Å². The standard InChI is InChI=1S/C23H24N2O5/c1-16-7-9-18(10-8-16)20(26)24-13-11-23(12-14-24)25(19(15-30-23)22(28)29)21(27)17-5-3-2-4-6-17/h2-10,19H,11-15H2,1H3,(H,28,29)/t19-/m1/s1. The maximum Gasteiger partial charge on any atom is 0.328 e. The van der Waals surface area contributed by atoms with Gasteiger partial charge in [-0.3, -0.25) is 14.5 Å². The van der Waals surface area contributed by atoms with Crippen LogP contribution in [0.3, 0.4) is 0 Å². The number of carboxylic acids is 1. The lowest BCUT2D eigenvalue weighted by Gasteiger charge is -2.44. The first-order chi connectivity index (χ1) is 14.4. The number of rotatable bonds is 3. The second kappa shape index (κ2) is 7.91. The molecule has 2 fully saturated rings. The zero-order valence-corrected chi connectivity index (χ0v) is 16.8. The van der Waals surface area contributed by atoms with Crippen LogP contribution in [0.4, 0.5) is 0 Å². The van der Waals surface area contributed by atoms with Crippen LogP contribution in [-0.2, 0) is 9.53 Å². The Balaban J connectivity index is 1.54. The van der Waals surface area contributed by atoms with Crippen LogP contribution >= 0.6 is 0 Å². The zero-order valence-electron chi connectivity index (χ0n) is 16.8. The molecule has 0 aliphatic carbocycles. The monoisotopic (exact) mass is 408 g/mol. The maximum atomic E-state index is 13.2. The fourth-order valence-corrected chi connectivity index (χ4v) is 4.21. The van der Waals surface area contributed by atoms with Crippen molar-refractivity contribution < 1.29 is 24.2 Å². The van der Waals surface area contributed by atoms with Crippen LogP contribution in [0.1, 0.15) is 39.1 Å². The predicted octanol–water partition coefficient (Wildman–Crippen LogP) is 2.55. The van der Waals surface area contributed by atoms with Crippen molar-refractivity contribution in [2.45, 2.75) is 31.5 Å². The first-order valence-corrected chi connectivity index (χ1v) is 10.0. The third-order valence-electron chi connectivity index (χ3n) is 5.92. The summed E-state index contributed by atoms with van der Waals surface area (Å²) >= 11 is 0. The molecule has 1 spiro atoms. The highest BCUT2D eigenvalue weighted by Crippen LogP contribution is 2.38. The van der Waals surface area contributed by atoms with Gasteiger partial charge < -0.3 is 14.7 Å². The van der Waals surface area contributed by atoms with Gasteiger partial charge in [-0.25, -0.2) is 4.79 Å². The highest BCUT2D eigenvalue weighted by atomic mass is 16.5. The van der Waals surface area contributed by atoms with Crippen molar-refractivity contribution >= 4 is 17.8 Å². The molecule has 0 bridgehead atoms. The molecular formula is C23H24N2O5. The molecule has 2 aliphatic heterocycles. The van der Waals surface area contributed by atoms with Crippen molar-refractivity contribution in [3.63, 3.8) is 0 Å². The lowest BCUT2D eigenvalue weighted by molar-refractivity contribution is -0.143. The lowest BCUT2D eigenvalue weighted by Crippen LogP contribution is -2.58. The normalized spacial score (nSPS) is 20.4. The summed E-state index contributed by atoms with van der Waals surface area (Å²) in [5.41, 5.74) is 1.11. The fraction of sp³-hybridized carbons (Fsp3) is 0.348. The van der Waals surface area contributed by atoms with E-state index in [0.29, 0.717) is 37.1 Å². The smallest absolute Gasteiger partial charge is 0.328 e. The van der Waals surface area contributed by atoms with Crippen LogP contribution in [0.25, 0.3) is 0 Å². The number of carboxylic acid groups (broad SMARTS) is 1. The first-order valence-electron chi connectivity index (χ1n) is 10.0. The fourth-order valence-electron chi connectivity index (χ4n) is 4.21. The summed E-state index contributed by atoms with van der Waals surface area (Å²) in [5.74, 6) is -1.52. The van der Waals surface area contributed by atoms with Crippen LogP contribution in [0, 0.1) is 6.92 Å². The van der Waals surface area contributed by atoms with Crippen molar-refractivity contribution in [1.29, 1.82) is 0 Å². The maximum absolute atomic E-state index is 13.2. The SMILES string of the molecule is Cc1ccc(C(=O)N2CCC3(CC2)OC[C@H](C(=O)O)N3C(=O)c2ccccc2)cc1. The summed E-state index contributed by atoms with van der Waals surface area (Å²) in [5, 5.41) is 9.67. The summed E-state index contributed by atoms with van der Waals surface area (Å²) in [6.45, 7) is 2.68. The average molecular weight is 408 g/mol. The van der Waals surface area contributed by atoms with E-state index in [9.17, 15) is 19.5 Å². The third kappa shape index (κ3) is 3.57. The highest BCUT2D eigenvalue weighted by molar-refractivity contribution is 5.97. The van der Waals surface area contributed by atoms with Crippen molar-refractivity contribution in [3.05, 3.63) is 71.3 Å². The molecule has 4 rings (SSSR count). The minimum absolute atomic E-state index is 0.0557. The van der Waals surface area contributed by atoms with Crippen LogP contribution in [0.2, 0.25) is 0 Å². The number of hydrogen-bond acceptors (Lipinski definition) is 4. The predicted molar refractivity (Wildman–Crippen MR) is 109 cm³/mol. The number of aliphatic carboxylic acids is 1. The minimum Gasteiger partial charge on any atom is -0.480 e. The van der Waals surface area contributed by atoms with Crippen LogP contribution in [0.5, 0.6) is 0 Å². The molecule has 156 valence electrons. The number of carbonyl (C=O) groups excluding carboxylic acids is 2. The van der Waals surface area contributed by atoms with Gasteiger partial charge in [0.1, 0.15) is 5.72 Å². The molecule has 0 saturated carbocycles. The summed E-state index contributed by atoms with van der Waals surface area (Å²) in [6, 6.07) is 15.0. The Labute approximate surface area is 174 Å². The van der Waals surface area contributed by atoms with Gasteiger partial charge in [0.05, 0.1) is 6.61 Å². The van der Waals surface area contributed by atoms with Crippen LogP contribution in [0.15, 0.2) is 54.6 Å². The van der Waals surface area contributed by atoms with Gasteiger partial charge in [-0.1, -0.05) is 35.9 Å². The van der Waals surface area contributed by atoms with Gasteiger partial charge in [-0.15, -0.1) is 0 Å². The number of amides is 2. The average Bonchev–Trinajstić information content (AvgIpc) is 3.13. The molecule has 2 aromatic rings. The molecule has 0 unspecified atom stereocenters. The third-order valence-corrected chi connectivity index (χ3v) is 5.92. The first kappa shape index (κ1) is 20.1. The molecule has 1 N–H and O–H groups in total. The quantitative estimate of drug-likeness (QED) is 0.843. The second-order valence-electron chi connectivity index (χ2n) is 7.81. The molecule has 2 aliphatic rings. The molecule has 2 saturated heterocycles. The number of benzene rings is 2. The Morgan fingerprint density at radius 3 is 2.13 bits per heavy atom. The molecule has 0 radical (unpaired) electrons. The Morgan fingerprint density at radius 2 is 1.53 bits per heavy atom. The van der Waals surface area contributed by atoms with E-state index in [-0.39, 0.29) is 18.4 Å².